The second-order valence-corrected chi connectivity index (χ2v) is 8.50. The molecule has 3 aliphatic rings. The molecule has 1 amide bonds. The maximum absolute atomic E-state index is 12.6. The fourth-order valence-electron chi connectivity index (χ4n) is 4.96. The van der Waals surface area contributed by atoms with Crippen molar-refractivity contribution in [3.8, 4) is 0 Å². The molecule has 1 aliphatic carbocycles. The number of amides is 1. The number of aromatic nitrogens is 3. The molecule has 6 nitrogen and oxygen atoms in total. The first-order chi connectivity index (χ1) is 12.8. The molecule has 1 saturated carbocycles. The highest BCUT2D eigenvalue weighted by Gasteiger charge is 2.27. The number of carbonyl (C=O) groups excluding carboxylic acids is 1. The molecule has 144 valence electrons. The number of rotatable bonds is 4. The molecule has 2 saturated heterocycles. The molecule has 3 heterocycles. The average molecular weight is 360 g/mol. The van der Waals surface area contributed by atoms with E-state index in [1.54, 1.807) is 0 Å². The Morgan fingerprint density at radius 1 is 0.962 bits per heavy atom. The zero-order valence-electron chi connectivity index (χ0n) is 16.0. The van der Waals surface area contributed by atoms with Crippen LogP contribution in [0.15, 0.2) is 6.20 Å². The molecule has 1 aromatic rings. The van der Waals surface area contributed by atoms with Crippen LogP contribution in [0.5, 0.6) is 0 Å². The van der Waals surface area contributed by atoms with Gasteiger partial charge in [-0.15, -0.1) is 5.10 Å². The van der Waals surface area contributed by atoms with Crippen LogP contribution in [0, 0.1) is 5.92 Å². The largest absolute Gasteiger partial charge is 0.337 e. The van der Waals surface area contributed by atoms with Gasteiger partial charge >= 0.3 is 0 Å². The minimum atomic E-state index is 0.0609. The van der Waals surface area contributed by atoms with Crippen molar-refractivity contribution in [2.75, 3.05) is 32.7 Å². The van der Waals surface area contributed by atoms with E-state index in [4.69, 9.17) is 0 Å². The van der Waals surface area contributed by atoms with Crippen LogP contribution in [0.2, 0.25) is 0 Å². The van der Waals surface area contributed by atoms with Gasteiger partial charge < -0.3 is 9.80 Å². The lowest BCUT2D eigenvalue weighted by Gasteiger charge is -2.35. The second-order valence-electron chi connectivity index (χ2n) is 8.50. The number of nitrogens with zero attached hydrogens (tertiary/aromatic N) is 5. The molecule has 0 radical (unpaired) electrons. The van der Waals surface area contributed by atoms with E-state index in [1.165, 1.54) is 58.0 Å². The lowest BCUT2D eigenvalue weighted by molar-refractivity contribution is 0.0718. The Morgan fingerprint density at radius 2 is 1.73 bits per heavy atom. The number of piperidine rings is 2. The van der Waals surface area contributed by atoms with E-state index >= 15 is 0 Å². The Labute approximate surface area is 156 Å². The summed E-state index contributed by atoms with van der Waals surface area (Å²) in [5.74, 6) is 0.945. The molecule has 26 heavy (non-hydrogen) atoms. The average Bonchev–Trinajstić information content (AvgIpc) is 3.19. The molecular formula is C20H33N5O. The quantitative estimate of drug-likeness (QED) is 0.829. The standard InChI is InChI=1S/C20H33N5O/c26-20(24-12-5-2-6-13-24)19-16-25(22-21-19)18-10-7-11-23(15-18)14-17-8-3-1-4-9-17/h16-18H,1-15H2/t18-/m0/s1. The molecule has 2 aliphatic heterocycles. The Bertz CT molecular complexity index is 589. The van der Waals surface area contributed by atoms with E-state index in [2.05, 4.69) is 15.2 Å². The van der Waals surface area contributed by atoms with Crippen molar-refractivity contribution in [2.24, 2.45) is 5.92 Å². The third kappa shape index (κ3) is 4.27. The highest BCUT2D eigenvalue weighted by atomic mass is 16.2. The molecule has 1 aromatic heterocycles. The first kappa shape index (κ1) is 18.0. The van der Waals surface area contributed by atoms with Gasteiger partial charge in [0.2, 0.25) is 0 Å². The van der Waals surface area contributed by atoms with Gasteiger partial charge in [-0.1, -0.05) is 24.5 Å². The minimum absolute atomic E-state index is 0.0609. The van der Waals surface area contributed by atoms with Crippen LogP contribution >= 0.6 is 0 Å². The Balaban J connectivity index is 1.34. The molecule has 0 spiro atoms. The fourth-order valence-corrected chi connectivity index (χ4v) is 4.96. The topological polar surface area (TPSA) is 54.3 Å². The van der Waals surface area contributed by atoms with Gasteiger partial charge in [0, 0.05) is 26.2 Å². The predicted octanol–water partition coefficient (Wildman–Crippen LogP) is 3.12. The Hall–Kier alpha value is -1.43. The van der Waals surface area contributed by atoms with Gasteiger partial charge in [-0.3, -0.25) is 4.79 Å². The first-order valence-corrected chi connectivity index (χ1v) is 10.7. The summed E-state index contributed by atoms with van der Waals surface area (Å²) in [5.41, 5.74) is 0.524. The lowest BCUT2D eigenvalue weighted by Crippen LogP contribution is -2.40. The van der Waals surface area contributed by atoms with Crippen LogP contribution < -0.4 is 0 Å². The van der Waals surface area contributed by atoms with Crippen molar-refractivity contribution in [1.82, 2.24) is 24.8 Å². The van der Waals surface area contributed by atoms with E-state index in [9.17, 15) is 4.79 Å². The smallest absolute Gasteiger partial charge is 0.276 e. The number of likely N-dealkylation sites (tertiary alicyclic amines) is 2. The maximum atomic E-state index is 12.6. The predicted molar refractivity (Wildman–Crippen MR) is 101 cm³/mol. The van der Waals surface area contributed by atoms with Gasteiger partial charge in [0.05, 0.1) is 12.2 Å². The van der Waals surface area contributed by atoms with Crippen molar-refractivity contribution in [3.63, 3.8) is 0 Å². The van der Waals surface area contributed by atoms with Gasteiger partial charge in [-0.25, -0.2) is 4.68 Å². The van der Waals surface area contributed by atoms with E-state index in [-0.39, 0.29) is 5.91 Å². The molecular weight excluding hydrogens is 326 g/mol. The summed E-state index contributed by atoms with van der Waals surface area (Å²) in [4.78, 5) is 17.2. The van der Waals surface area contributed by atoms with Crippen LogP contribution in [-0.2, 0) is 0 Å². The van der Waals surface area contributed by atoms with Crippen molar-refractivity contribution in [2.45, 2.75) is 70.3 Å². The van der Waals surface area contributed by atoms with Crippen LogP contribution in [0.3, 0.4) is 0 Å². The molecule has 3 fully saturated rings. The van der Waals surface area contributed by atoms with Gasteiger partial charge in [-0.2, -0.15) is 0 Å². The van der Waals surface area contributed by atoms with Crippen molar-refractivity contribution in [3.05, 3.63) is 11.9 Å². The highest BCUT2D eigenvalue weighted by Crippen LogP contribution is 2.27. The molecule has 0 unspecified atom stereocenters. The number of carbonyl (C=O) groups is 1. The summed E-state index contributed by atoms with van der Waals surface area (Å²) in [6, 6.07) is 0.364. The van der Waals surface area contributed by atoms with Crippen molar-refractivity contribution in [1.29, 1.82) is 0 Å². The maximum Gasteiger partial charge on any atom is 0.276 e. The summed E-state index contributed by atoms with van der Waals surface area (Å²) in [5, 5.41) is 8.54. The summed E-state index contributed by atoms with van der Waals surface area (Å²) in [6.45, 7) is 5.23. The number of hydrogen-bond acceptors (Lipinski definition) is 4. The third-order valence-electron chi connectivity index (χ3n) is 6.47. The summed E-state index contributed by atoms with van der Waals surface area (Å²) in [7, 11) is 0. The molecule has 4 rings (SSSR count). The van der Waals surface area contributed by atoms with Crippen LogP contribution in [0.1, 0.15) is 80.7 Å². The van der Waals surface area contributed by atoms with Crippen LogP contribution in [0.25, 0.3) is 0 Å². The van der Waals surface area contributed by atoms with Gasteiger partial charge in [0.25, 0.3) is 5.91 Å². The van der Waals surface area contributed by atoms with Crippen LogP contribution in [0.4, 0.5) is 0 Å². The van der Waals surface area contributed by atoms with E-state index in [1.807, 2.05) is 15.8 Å². The minimum Gasteiger partial charge on any atom is -0.337 e. The van der Waals surface area contributed by atoms with Gasteiger partial charge in [0.15, 0.2) is 5.69 Å². The molecule has 1 atom stereocenters. The molecule has 0 aromatic carbocycles. The summed E-state index contributed by atoms with van der Waals surface area (Å²) in [6.07, 6.45) is 14.7. The Kier molecular flexibility index (Phi) is 5.88. The zero-order valence-corrected chi connectivity index (χ0v) is 16.0. The first-order valence-electron chi connectivity index (χ1n) is 10.7. The number of hydrogen-bond donors (Lipinski definition) is 0. The molecule has 0 N–H and O–H groups in total. The SMILES string of the molecule is O=C(c1cn([C@H]2CCCN(CC3CCCCC3)C2)nn1)N1CCCCC1. The molecule has 6 heteroatoms. The van der Waals surface area contributed by atoms with E-state index in [0.717, 1.165) is 44.8 Å². The van der Waals surface area contributed by atoms with Crippen LogP contribution in [-0.4, -0.2) is 63.4 Å². The fraction of sp³-hybridized carbons (Fsp3) is 0.850. The molecule has 0 bridgehead atoms. The Morgan fingerprint density at radius 3 is 2.54 bits per heavy atom. The van der Waals surface area contributed by atoms with Gasteiger partial charge in [-0.05, 0) is 57.4 Å². The van der Waals surface area contributed by atoms with E-state index in [0.29, 0.717) is 11.7 Å². The van der Waals surface area contributed by atoms with Gasteiger partial charge in [0.1, 0.15) is 0 Å². The zero-order chi connectivity index (χ0) is 17.8. The summed E-state index contributed by atoms with van der Waals surface area (Å²) < 4.78 is 1.96. The second kappa shape index (κ2) is 8.51. The third-order valence-corrected chi connectivity index (χ3v) is 6.47. The normalized spacial score (nSPS) is 26.2. The highest BCUT2D eigenvalue weighted by molar-refractivity contribution is 5.91. The lowest BCUT2D eigenvalue weighted by atomic mass is 9.88. The van der Waals surface area contributed by atoms with Crippen molar-refractivity contribution < 1.29 is 4.79 Å². The monoisotopic (exact) mass is 359 g/mol. The van der Waals surface area contributed by atoms with Crippen molar-refractivity contribution >= 4 is 5.91 Å². The van der Waals surface area contributed by atoms with E-state index < -0.39 is 0 Å². The summed E-state index contributed by atoms with van der Waals surface area (Å²) >= 11 is 0.